The van der Waals surface area contributed by atoms with E-state index in [1.165, 1.54) is 12.1 Å². The summed E-state index contributed by atoms with van der Waals surface area (Å²) in [5, 5.41) is 6.72. The number of nitrogens with one attached hydrogen (secondary N) is 2. The number of nitrogens with zero attached hydrogens (tertiary/aromatic N) is 2. The number of benzene rings is 2. The van der Waals surface area contributed by atoms with E-state index in [-0.39, 0.29) is 42.0 Å². The van der Waals surface area contributed by atoms with Crippen molar-refractivity contribution in [2.24, 2.45) is 4.99 Å². The molecule has 0 bridgehead atoms. The molecule has 0 spiro atoms. The van der Waals surface area contributed by atoms with Crippen molar-refractivity contribution >= 4 is 35.6 Å². The van der Waals surface area contributed by atoms with Gasteiger partial charge in [0.05, 0.1) is 25.8 Å². The van der Waals surface area contributed by atoms with Gasteiger partial charge < -0.3 is 25.0 Å². The van der Waals surface area contributed by atoms with E-state index in [1.807, 2.05) is 0 Å². The number of methoxy groups -OCH3 is 1. The average Bonchev–Trinajstić information content (AvgIpc) is 2.78. The summed E-state index contributed by atoms with van der Waals surface area (Å²) in [5.41, 5.74) is 3.19. The molecule has 0 radical (unpaired) electrons. The molecular weight excluding hydrogens is 522 g/mol. The maximum Gasteiger partial charge on any atom is 0.194 e. The van der Waals surface area contributed by atoms with Crippen LogP contribution in [0.15, 0.2) is 53.5 Å². The Balaban J connectivity index is 0.00000363. The number of hydrogen-bond donors (Lipinski definition) is 2. The summed E-state index contributed by atoms with van der Waals surface area (Å²) >= 11 is 0. The Bertz CT molecular complexity index is 833. The van der Waals surface area contributed by atoms with Crippen molar-refractivity contribution in [2.75, 3.05) is 45.2 Å². The van der Waals surface area contributed by atoms with E-state index in [0.717, 1.165) is 42.4 Å². The van der Waals surface area contributed by atoms with Crippen LogP contribution in [0.4, 0.5) is 10.1 Å². The third-order valence-corrected chi connectivity index (χ3v) is 5.14. The minimum absolute atomic E-state index is 0. The van der Waals surface area contributed by atoms with Crippen LogP contribution < -0.4 is 10.6 Å². The summed E-state index contributed by atoms with van der Waals surface area (Å²) in [5.74, 6) is 0.631. The van der Waals surface area contributed by atoms with Crippen LogP contribution in [0.5, 0.6) is 0 Å². The van der Waals surface area contributed by atoms with E-state index >= 15 is 0 Å². The molecule has 2 atom stereocenters. The van der Waals surface area contributed by atoms with Crippen molar-refractivity contribution in [1.82, 2.24) is 10.2 Å². The van der Waals surface area contributed by atoms with Gasteiger partial charge >= 0.3 is 0 Å². The molecule has 2 unspecified atom stereocenters. The van der Waals surface area contributed by atoms with Gasteiger partial charge in [0.15, 0.2) is 5.96 Å². The Morgan fingerprint density at radius 2 is 1.88 bits per heavy atom. The minimum atomic E-state index is -0.237. The Kier molecular flexibility index (Phi) is 11.2. The highest BCUT2D eigenvalue weighted by Crippen LogP contribution is 2.25. The molecule has 2 aromatic carbocycles. The van der Waals surface area contributed by atoms with E-state index < -0.39 is 0 Å². The minimum Gasteiger partial charge on any atom is -0.383 e. The van der Waals surface area contributed by atoms with Crippen molar-refractivity contribution in [1.29, 1.82) is 0 Å². The standard InChI is InChI=1S/C24H33FN4O2.HI/c1-4-26-24(28-15-19-5-11-22(12-6-19)27-13-14-30-3)29-16-18(2)31-23(17-29)20-7-9-21(25)10-8-20;/h5-12,18,23,27H,4,13-17H2,1-3H3,(H,26,28);1H. The smallest absolute Gasteiger partial charge is 0.194 e. The summed E-state index contributed by atoms with van der Waals surface area (Å²) in [6, 6.07) is 14.9. The first-order chi connectivity index (χ1) is 15.1. The van der Waals surface area contributed by atoms with E-state index in [2.05, 4.69) is 53.6 Å². The summed E-state index contributed by atoms with van der Waals surface area (Å²) in [7, 11) is 1.70. The van der Waals surface area contributed by atoms with Crippen LogP contribution in [-0.4, -0.2) is 56.9 Å². The number of aliphatic imine (C=N–C) groups is 1. The van der Waals surface area contributed by atoms with Gasteiger partial charge in [0.2, 0.25) is 0 Å². The predicted octanol–water partition coefficient (Wildman–Crippen LogP) is 4.43. The first-order valence-electron chi connectivity index (χ1n) is 10.8. The molecule has 6 nitrogen and oxygen atoms in total. The molecule has 0 aromatic heterocycles. The zero-order valence-electron chi connectivity index (χ0n) is 19.0. The SMILES string of the molecule is CCNC(=NCc1ccc(NCCOC)cc1)N1CC(C)OC(c2ccc(F)cc2)C1.I. The van der Waals surface area contributed by atoms with Crippen LogP contribution in [0.1, 0.15) is 31.1 Å². The number of anilines is 1. The number of morpholine rings is 1. The van der Waals surface area contributed by atoms with Crippen molar-refractivity contribution in [3.63, 3.8) is 0 Å². The van der Waals surface area contributed by atoms with Gasteiger partial charge in [-0.3, -0.25) is 0 Å². The van der Waals surface area contributed by atoms with E-state index in [4.69, 9.17) is 14.5 Å². The van der Waals surface area contributed by atoms with E-state index in [1.54, 1.807) is 19.2 Å². The maximum atomic E-state index is 13.3. The lowest BCUT2D eigenvalue weighted by Crippen LogP contribution is -2.50. The lowest BCUT2D eigenvalue weighted by atomic mass is 10.1. The third kappa shape index (κ3) is 7.90. The normalized spacial score (nSPS) is 18.8. The maximum absolute atomic E-state index is 13.3. The van der Waals surface area contributed by atoms with Crippen molar-refractivity contribution in [2.45, 2.75) is 32.6 Å². The highest BCUT2D eigenvalue weighted by atomic mass is 127. The number of rotatable bonds is 8. The Labute approximate surface area is 207 Å². The summed E-state index contributed by atoms with van der Waals surface area (Å²) in [6.45, 7) is 8.38. The number of guanidine groups is 1. The first kappa shape index (κ1) is 26.3. The molecule has 1 aliphatic heterocycles. The molecule has 1 saturated heterocycles. The van der Waals surface area contributed by atoms with Crippen molar-refractivity contribution < 1.29 is 13.9 Å². The predicted molar refractivity (Wildman–Crippen MR) is 138 cm³/mol. The molecule has 3 rings (SSSR count). The number of hydrogen-bond acceptors (Lipinski definition) is 4. The second-order valence-electron chi connectivity index (χ2n) is 7.68. The second-order valence-corrected chi connectivity index (χ2v) is 7.68. The zero-order chi connectivity index (χ0) is 22.1. The molecule has 0 aliphatic carbocycles. The Hall–Kier alpha value is -1.91. The molecule has 2 aromatic rings. The quantitative estimate of drug-likeness (QED) is 0.218. The monoisotopic (exact) mass is 556 g/mol. The zero-order valence-corrected chi connectivity index (χ0v) is 21.3. The topological polar surface area (TPSA) is 58.1 Å². The van der Waals surface area contributed by atoms with Gasteiger partial charge in [-0.1, -0.05) is 24.3 Å². The van der Waals surface area contributed by atoms with E-state index in [9.17, 15) is 4.39 Å². The second kappa shape index (κ2) is 13.6. The average molecular weight is 556 g/mol. The Morgan fingerprint density at radius 3 is 2.53 bits per heavy atom. The fraction of sp³-hybridized carbons (Fsp3) is 0.458. The van der Waals surface area contributed by atoms with Gasteiger partial charge in [0, 0.05) is 32.4 Å². The van der Waals surface area contributed by atoms with Gasteiger partial charge in [-0.2, -0.15) is 0 Å². The van der Waals surface area contributed by atoms with E-state index in [0.29, 0.717) is 19.7 Å². The van der Waals surface area contributed by atoms with Crippen LogP contribution >= 0.6 is 24.0 Å². The third-order valence-electron chi connectivity index (χ3n) is 5.14. The van der Waals surface area contributed by atoms with Crippen LogP contribution in [0.25, 0.3) is 0 Å². The molecule has 0 saturated carbocycles. The van der Waals surface area contributed by atoms with Gasteiger partial charge in [-0.15, -0.1) is 24.0 Å². The molecule has 8 heteroatoms. The number of ether oxygens (including phenoxy) is 2. The van der Waals surface area contributed by atoms with Crippen molar-refractivity contribution in [3.05, 3.63) is 65.5 Å². The molecular formula is C24H34FIN4O2. The van der Waals surface area contributed by atoms with Gasteiger partial charge in [-0.05, 0) is 49.2 Å². The molecule has 1 aliphatic rings. The Morgan fingerprint density at radius 1 is 1.16 bits per heavy atom. The van der Waals surface area contributed by atoms with Gasteiger partial charge in [0.1, 0.15) is 11.9 Å². The van der Waals surface area contributed by atoms with Gasteiger partial charge in [-0.25, -0.2) is 9.38 Å². The lowest BCUT2D eigenvalue weighted by molar-refractivity contribution is -0.0605. The van der Waals surface area contributed by atoms with Crippen molar-refractivity contribution in [3.8, 4) is 0 Å². The van der Waals surface area contributed by atoms with Crippen LogP contribution in [-0.2, 0) is 16.0 Å². The molecule has 1 fully saturated rings. The summed E-state index contributed by atoms with van der Waals surface area (Å²) in [4.78, 5) is 7.09. The van der Waals surface area contributed by atoms with Gasteiger partial charge in [0.25, 0.3) is 0 Å². The summed E-state index contributed by atoms with van der Waals surface area (Å²) < 4.78 is 24.5. The van der Waals surface area contributed by atoms with Crippen LogP contribution in [0.3, 0.4) is 0 Å². The number of halogens is 2. The molecule has 176 valence electrons. The first-order valence-corrected chi connectivity index (χ1v) is 10.8. The molecule has 32 heavy (non-hydrogen) atoms. The highest BCUT2D eigenvalue weighted by Gasteiger charge is 2.28. The lowest BCUT2D eigenvalue weighted by Gasteiger charge is -2.38. The highest BCUT2D eigenvalue weighted by molar-refractivity contribution is 14.0. The largest absolute Gasteiger partial charge is 0.383 e. The fourth-order valence-electron chi connectivity index (χ4n) is 3.60. The fourth-order valence-corrected chi connectivity index (χ4v) is 3.60. The summed E-state index contributed by atoms with van der Waals surface area (Å²) in [6.07, 6.45) is -0.0734. The molecule has 1 heterocycles. The molecule has 2 N–H and O–H groups in total. The van der Waals surface area contributed by atoms with Crippen LogP contribution in [0.2, 0.25) is 0 Å². The van der Waals surface area contributed by atoms with Crippen LogP contribution in [0, 0.1) is 5.82 Å². The molecule has 0 amide bonds.